The molecule has 1 aromatic heterocycles. The molecule has 134 valence electrons. The number of rotatable bonds is 5. The number of hydrogen-bond acceptors (Lipinski definition) is 6. The van der Waals surface area contributed by atoms with Gasteiger partial charge in [-0.25, -0.2) is 4.98 Å². The lowest BCUT2D eigenvalue weighted by Crippen LogP contribution is -2.27. The Balaban J connectivity index is 1.35. The average Bonchev–Trinajstić information content (AvgIpc) is 3.09. The van der Waals surface area contributed by atoms with E-state index in [0.29, 0.717) is 25.5 Å². The van der Waals surface area contributed by atoms with Gasteiger partial charge in [-0.3, -0.25) is 4.79 Å². The quantitative estimate of drug-likeness (QED) is 0.624. The number of hydrogen-bond donors (Lipinski definition) is 0. The van der Waals surface area contributed by atoms with Crippen molar-refractivity contribution in [2.24, 2.45) is 0 Å². The van der Waals surface area contributed by atoms with E-state index in [1.54, 1.807) is 16.2 Å². The molecule has 7 heteroatoms. The lowest BCUT2D eigenvalue weighted by Gasteiger charge is -2.21. The minimum absolute atomic E-state index is 0.0733. The minimum atomic E-state index is 0.0733. The molecule has 4 rings (SSSR count). The maximum absolute atomic E-state index is 12.5. The molecule has 0 N–H and O–H groups in total. The van der Waals surface area contributed by atoms with Crippen LogP contribution in [0.15, 0.2) is 46.8 Å². The number of aromatic nitrogens is 1. The molecule has 0 spiro atoms. The molecule has 0 saturated heterocycles. The van der Waals surface area contributed by atoms with Gasteiger partial charge in [0.05, 0.1) is 16.0 Å². The van der Waals surface area contributed by atoms with Crippen LogP contribution in [0.2, 0.25) is 0 Å². The molecule has 0 unspecified atom stereocenters. The third-order valence-corrected chi connectivity index (χ3v) is 6.21. The summed E-state index contributed by atoms with van der Waals surface area (Å²) in [5.74, 6) is 1.96. The Morgan fingerprint density at radius 3 is 2.85 bits per heavy atom. The van der Waals surface area contributed by atoms with Gasteiger partial charge in [-0.1, -0.05) is 30.0 Å². The molecule has 0 fully saturated rings. The largest absolute Gasteiger partial charge is 0.486 e. The van der Waals surface area contributed by atoms with Gasteiger partial charge in [0, 0.05) is 13.6 Å². The summed E-state index contributed by atoms with van der Waals surface area (Å²) in [4.78, 5) is 18.7. The van der Waals surface area contributed by atoms with Gasteiger partial charge in [-0.05, 0) is 29.8 Å². The summed E-state index contributed by atoms with van der Waals surface area (Å²) in [6, 6.07) is 13.8. The van der Waals surface area contributed by atoms with E-state index in [4.69, 9.17) is 9.47 Å². The van der Waals surface area contributed by atoms with E-state index in [0.717, 1.165) is 31.6 Å². The van der Waals surface area contributed by atoms with Gasteiger partial charge in [0.15, 0.2) is 15.8 Å². The normalized spacial score (nSPS) is 13.0. The van der Waals surface area contributed by atoms with Crippen molar-refractivity contribution in [3.8, 4) is 11.5 Å². The second-order valence-corrected chi connectivity index (χ2v) is 8.22. The maximum Gasteiger partial charge on any atom is 0.233 e. The van der Waals surface area contributed by atoms with E-state index in [9.17, 15) is 4.79 Å². The number of thioether (sulfide) groups is 1. The van der Waals surface area contributed by atoms with Crippen LogP contribution in [0.5, 0.6) is 11.5 Å². The van der Waals surface area contributed by atoms with Gasteiger partial charge in [-0.15, -0.1) is 11.3 Å². The second-order valence-electron chi connectivity index (χ2n) is 5.96. The zero-order valence-corrected chi connectivity index (χ0v) is 15.9. The van der Waals surface area contributed by atoms with Crippen LogP contribution in [0, 0.1) is 0 Å². The Morgan fingerprint density at radius 1 is 1.19 bits per heavy atom. The van der Waals surface area contributed by atoms with Crippen LogP contribution in [-0.2, 0) is 11.3 Å². The number of para-hydroxylation sites is 1. The summed E-state index contributed by atoms with van der Waals surface area (Å²) in [5, 5.41) is 0. The van der Waals surface area contributed by atoms with E-state index in [1.165, 1.54) is 11.8 Å². The predicted octanol–water partition coefficient (Wildman–Crippen LogP) is 3.82. The summed E-state index contributed by atoms with van der Waals surface area (Å²) in [7, 11) is 1.82. The fourth-order valence-corrected chi connectivity index (χ4v) is 4.70. The van der Waals surface area contributed by atoms with Crippen LogP contribution in [-0.4, -0.2) is 41.8 Å². The Labute approximate surface area is 159 Å². The van der Waals surface area contributed by atoms with Crippen molar-refractivity contribution < 1.29 is 14.3 Å². The van der Waals surface area contributed by atoms with E-state index < -0.39 is 0 Å². The Hall–Kier alpha value is -2.25. The third kappa shape index (κ3) is 3.78. The number of carbonyl (C=O) groups is 1. The summed E-state index contributed by atoms with van der Waals surface area (Å²) in [6.45, 7) is 1.67. The molecule has 5 nitrogen and oxygen atoms in total. The molecule has 0 saturated carbocycles. The highest BCUT2D eigenvalue weighted by Gasteiger charge is 2.15. The van der Waals surface area contributed by atoms with Crippen molar-refractivity contribution in [2.75, 3.05) is 26.0 Å². The molecule has 3 aromatic rings. The molecule has 1 amide bonds. The van der Waals surface area contributed by atoms with Crippen molar-refractivity contribution >= 4 is 39.2 Å². The summed E-state index contributed by atoms with van der Waals surface area (Å²) < 4.78 is 13.2. The number of nitrogens with zero attached hydrogens (tertiary/aromatic N) is 2. The van der Waals surface area contributed by atoms with Crippen molar-refractivity contribution in [3.05, 3.63) is 48.0 Å². The molecule has 0 radical (unpaired) electrons. The predicted molar refractivity (Wildman–Crippen MR) is 104 cm³/mol. The maximum atomic E-state index is 12.5. The zero-order chi connectivity index (χ0) is 17.9. The molecular formula is C19H18N2O3S2. The number of carbonyl (C=O) groups excluding carboxylic acids is 1. The molecule has 1 aliphatic rings. The first kappa shape index (κ1) is 17.2. The summed E-state index contributed by atoms with van der Waals surface area (Å²) in [6.07, 6.45) is 0. The number of benzene rings is 2. The first-order chi connectivity index (χ1) is 12.7. The molecule has 26 heavy (non-hydrogen) atoms. The van der Waals surface area contributed by atoms with Crippen LogP contribution in [0.25, 0.3) is 10.2 Å². The molecule has 1 aliphatic heterocycles. The van der Waals surface area contributed by atoms with Crippen molar-refractivity contribution in [1.82, 2.24) is 9.88 Å². The summed E-state index contributed by atoms with van der Waals surface area (Å²) in [5.41, 5.74) is 2.01. The molecule has 0 aliphatic carbocycles. The monoisotopic (exact) mass is 386 g/mol. The highest BCUT2D eigenvalue weighted by atomic mass is 32.2. The first-order valence-electron chi connectivity index (χ1n) is 8.30. The van der Waals surface area contributed by atoms with Gasteiger partial charge >= 0.3 is 0 Å². The lowest BCUT2D eigenvalue weighted by atomic mass is 10.2. The minimum Gasteiger partial charge on any atom is -0.486 e. The third-order valence-electron chi connectivity index (χ3n) is 4.05. The van der Waals surface area contributed by atoms with Crippen molar-refractivity contribution in [2.45, 2.75) is 10.9 Å². The summed E-state index contributed by atoms with van der Waals surface area (Å²) >= 11 is 3.11. The molecule has 2 aromatic carbocycles. The molecule has 0 atom stereocenters. The van der Waals surface area contributed by atoms with E-state index >= 15 is 0 Å². The van der Waals surface area contributed by atoms with Crippen LogP contribution >= 0.6 is 23.1 Å². The van der Waals surface area contributed by atoms with E-state index in [1.807, 2.05) is 49.5 Å². The number of amides is 1. The van der Waals surface area contributed by atoms with Crippen LogP contribution in [0.1, 0.15) is 5.56 Å². The van der Waals surface area contributed by atoms with E-state index in [-0.39, 0.29) is 5.91 Å². The fraction of sp³-hybridized carbons (Fsp3) is 0.263. The number of thiazole rings is 1. The topological polar surface area (TPSA) is 51.7 Å². The smallest absolute Gasteiger partial charge is 0.233 e. The van der Waals surface area contributed by atoms with Crippen LogP contribution in [0.4, 0.5) is 0 Å². The standard InChI is InChI=1S/C19H18N2O3S2/c1-21(11-13-6-7-15-16(10-13)24-9-8-23-15)18(22)12-25-19-20-14-4-2-3-5-17(14)26-19/h2-7,10H,8-9,11-12H2,1H3. The molecule has 2 heterocycles. The van der Waals surface area contributed by atoms with Crippen LogP contribution in [0.3, 0.4) is 0 Å². The van der Waals surface area contributed by atoms with Crippen LogP contribution < -0.4 is 9.47 Å². The van der Waals surface area contributed by atoms with Gasteiger partial charge in [0.1, 0.15) is 13.2 Å². The van der Waals surface area contributed by atoms with Crippen molar-refractivity contribution in [3.63, 3.8) is 0 Å². The zero-order valence-electron chi connectivity index (χ0n) is 14.3. The lowest BCUT2D eigenvalue weighted by molar-refractivity contribution is -0.127. The van der Waals surface area contributed by atoms with Gasteiger partial charge < -0.3 is 14.4 Å². The van der Waals surface area contributed by atoms with Gasteiger partial charge in [0.25, 0.3) is 0 Å². The SMILES string of the molecule is CN(Cc1ccc2c(c1)OCCO2)C(=O)CSc1nc2ccccc2s1. The number of fused-ring (bicyclic) bond motifs is 2. The molecule has 0 bridgehead atoms. The van der Waals surface area contributed by atoms with E-state index in [2.05, 4.69) is 4.98 Å². The Bertz CT molecular complexity index is 908. The number of ether oxygens (including phenoxy) is 2. The van der Waals surface area contributed by atoms with Crippen molar-refractivity contribution in [1.29, 1.82) is 0 Å². The van der Waals surface area contributed by atoms with Gasteiger partial charge in [0.2, 0.25) is 5.91 Å². The fourth-order valence-electron chi connectivity index (χ4n) is 2.69. The first-order valence-corrected chi connectivity index (χ1v) is 10.1. The van der Waals surface area contributed by atoms with Gasteiger partial charge in [-0.2, -0.15) is 0 Å². The average molecular weight is 386 g/mol. The Morgan fingerprint density at radius 2 is 2.00 bits per heavy atom. The molecular weight excluding hydrogens is 368 g/mol. The highest BCUT2D eigenvalue weighted by molar-refractivity contribution is 8.01. The second kappa shape index (κ2) is 7.55. The Kier molecular flexibility index (Phi) is 4.99. The highest BCUT2D eigenvalue weighted by Crippen LogP contribution is 2.31.